The summed E-state index contributed by atoms with van der Waals surface area (Å²) in [5.74, 6) is 1.03. The zero-order valence-electron chi connectivity index (χ0n) is 14.4. The van der Waals surface area contributed by atoms with Crippen LogP contribution in [0.4, 0.5) is 5.69 Å². The fourth-order valence-electron chi connectivity index (χ4n) is 2.90. The molecule has 0 aliphatic heterocycles. The van der Waals surface area contributed by atoms with Gasteiger partial charge in [0.1, 0.15) is 5.82 Å². The second kappa shape index (κ2) is 6.86. The van der Waals surface area contributed by atoms with Gasteiger partial charge in [0.15, 0.2) is 0 Å². The average molecular weight is 325 g/mol. The number of aryl methyl sites for hydroxylation is 1. The molecular weight excluding hydrogens is 302 g/mol. The van der Waals surface area contributed by atoms with Crippen molar-refractivity contribution in [2.45, 2.75) is 33.2 Å². The number of carbonyl (C=O) groups is 1. The molecule has 6 heteroatoms. The van der Waals surface area contributed by atoms with E-state index in [4.69, 9.17) is 0 Å². The highest BCUT2D eigenvalue weighted by molar-refractivity contribution is 5.92. The van der Waals surface area contributed by atoms with Crippen LogP contribution in [0.5, 0.6) is 0 Å². The monoisotopic (exact) mass is 325 g/mol. The Morgan fingerprint density at radius 2 is 2.00 bits per heavy atom. The van der Waals surface area contributed by atoms with Crippen molar-refractivity contribution in [2.75, 3.05) is 5.32 Å². The maximum absolute atomic E-state index is 12.1. The van der Waals surface area contributed by atoms with Gasteiger partial charge in [-0.25, -0.2) is 4.98 Å². The second-order valence-electron chi connectivity index (χ2n) is 6.01. The summed E-state index contributed by atoms with van der Waals surface area (Å²) < 4.78 is 3.86. The van der Waals surface area contributed by atoms with Crippen LogP contribution in [0.1, 0.15) is 32.5 Å². The Labute approximate surface area is 141 Å². The molecule has 0 unspecified atom stereocenters. The van der Waals surface area contributed by atoms with Crippen molar-refractivity contribution in [3.63, 3.8) is 0 Å². The molecular formula is C18H23N5O. The fourth-order valence-corrected chi connectivity index (χ4v) is 2.90. The molecule has 0 aliphatic rings. The quantitative estimate of drug-likeness (QED) is 0.757. The molecule has 0 fully saturated rings. The molecule has 2 aromatic heterocycles. The van der Waals surface area contributed by atoms with Gasteiger partial charge in [-0.2, -0.15) is 5.10 Å². The lowest BCUT2D eigenvalue weighted by atomic mass is 10.0. The van der Waals surface area contributed by atoms with Crippen molar-refractivity contribution >= 4 is 22.6 Å². The number of hydrogen-bond donors (Lipinski definition) is 1. The third kappa shape index (κ3) is 3.18. The van der Waals surface area contributed by atoms with Gasteiger partial charge in [-0.05, 0) is 25.0 Å². The molecule has 0 bridgehead atoms. The van der Waals surface area contributed by atoms with E-state index in [0.717, 1.165) is 35.4 Å². The zero-order chi connectivity index (χ0) is 17.1. The Kier molecular flexibility index (Phi) is 4.64. The van der Waals surface area contributed by atoms with Gasteiger partial charge in [0, 0.05) is 19.2 Å². The number of benzene rings is 1. The van der Waals surface area contributed by atoms with Crippen molar-refractivity contribution in [1.29, 1.82) is 0 Å². The zero-order valence-corrected chi connectivity index (χ0v) is 14.4. The molecule has 0 aliphatic carbocycles. The van der Waals surface area contributed by atoms with Gasteiger partial charge in [-0.3, -0.25) is 9.48 Å². The van der Waals surface area contributed by atoms with Gasteiger partial charge < -0.3 is 9.88 Å². The van der Waals surface area contributed by atoms with Gasteiger partial charge in [0.05, 0.1) is 29.5 Å². The number of aromatic nitrogens is 4. The third-order valence-electron chi connectivity index (χ3n) is 4.44. The third-order valence-corrected chi connectivity index (χ3v) is 4.44. The van der Waals surface area contributed by atoms with Crippen molar-refractivity contribution in [3.8, 4) is 0 Å². The minimum absolute atomic E-state index is 0.0492. The van der Waals surface area contributed by atoms with E-state index in [1.165, 1.54) is 0 Å². The molecule has 0 saturated heterocycles. The molecule has 0 atom stereocenters. The number of nitrogens with zero attached hydrogens (tertiary/aromatic N) is 4. The Balaban J connectivity index is 1.73. The Bertz CT molecular complexity index is 844. The number of imidazole rings is 1. The van der Waals surface area contributed by atoms with E-state index in [1.54, 1.807) is 10.9 Å². The first-order chi connectivity index (χ1) is 11.6. The Hall–Kier alpha value is -2.63. The molecule has 3 rings (SSSR count). The molecule has 2 heterocycles. The maximum atomic E-state index is 12.1. The van der Waals surface area contributed by atoms with Crippen molar-refractivity contribution in [2.24, 2.45) is 13.0 Å². The van der Waals surface area contributed by atoms with Crippen molar-refractivity contribution < 1.29 is 4.79 Å². The van der Waals surface area contributed by atoms with Gasteiger partial charge in [0.2, 0.25) is 5.91 Å². The number of carbonyl (C=O) groups excluding carboxylic acids is 1. The predicted octanol–water partition coefficient (Wildman–Crippen LogP) is 3.19. The Morgan fingerprint density at radius 1 is 1.25 bits per heavy atom. The van der Waals surface area contributed by atoms with E-state index in [0.29, 0.717) is 6.54 Å². The summed E-state index contributed by atoms with van der Waals surface area (Å²) >= 11 is 0. The van der Waals surface area contributed by atoms with Gasteiger partial charge in [-0.1, -0.05) is 26.0 Å². The van der Waals surface area contributed by atoms with E-state index in [1.807, 2.05) is 45.3 Å². The van der Waals surface area contributed by atoms with Crippen LogP contribution in [0.25, 0.3) is 11.0 Å². The van der Waals surface area contributed by atoms with Crippen LogP contribution in [0.15, 0.2) is 36.7 Å². The number of para-hydroxylation sites is 2. The standard InChI is InChI=1S/C18H23N5O/c1-4-13(5-2)18(24)20-14-10-19-23(11-14)12-17-21-15-8-6-7-9-16(15)22(17)3/h6-11,13H,4-5,12H2,1-3H3,(H,20,24). The van der Waals surface area contributed by atoms with Crippen LogP contribution in [-0.2, 0) is 18.4 Å². The lowest BCUT2D eigenvalue weighted by Gasteiger charge is -2.11. The van der Waals surface area contributed by atoms with Crippen molar-refractivity contribution in [3.05, 3.63) is 42.5 Å². The number of hydrogen-bond acceptors (Lipinski definition) is 3. The highest BCUT2D eigenvalue weighted by Gasteiger charge is 2.15. The van der Waals surface area contributed by atoms with E-state index < -0.39 is 0 Å². The van der Waals surface area contributed by atoms with E-state index in [9.17, 15) is 4.79 Å². The van der Waals surface area contributed by atoms with Gasteiger partial charge >= 0.3 is 0 Å². The second-order valence-corrected chi connectivity index (χ2v) is 6.01. The number of anilines is 1. The average Bonchev–Trinajstić information content (AvgIpc) is 3.14. The smallest absolute Gasteiger partial charge is 0.227 e. The minimum atomic E-state index is 0.0492. The Morgan fingerprint density at radius 3 is 2.71 bits per heavy atom. The molecule has 6 nitrogen and oxygen atoms in total. The van der Waals surface area contributed by atoms with E-state index >= 15 is 0 Å². The lowest BCUT2D eigenvalue weighted by Crippen LogP contribution is -2.21. The highest BCUT2D eigenvalue weighted by atomic mass is 16.1. The fraction of sp³-hybridized carbons (Fsp3) is 0.389. The first-order valence-electron chi connectivity index (χ1n) is 8.36. The molecule has 3 aromatic rings. The highest BCUT2D eigenvalue weighted by Crippen LogP contribution is 2.16. The number of nitrogens with one attached hydrogen (secondary N) is 1. The largest absolute Gasteiger partial charge is 0.330 e. The SMILES string of the molecule is CCC(CC)C(=O)Nc1cnn(Cc2nc3ccccc3n2C)c1. The van der Waals surface area contributed by atoms with Crippen LogP contribution in [-0.4, -0.2) is 25.2 Å². The summed E-state index contributed by atoms with van der Waals surface area (Å²) in [5, 5.41) is 7.28. The molecule has 1 N–H and O–H groups in total. The van der Waals surface area contributed by atoms with Crippen molar-refractivity contribution in [1.82, 2.24) is 19.3 Å². The first-order valence-corrected chi connectivity index (χ1v) is 8.36. The first kappa shape index (κ1) is 16.2. The van der Waals surface area contributed by atoms with Crippen LogP contribution < -0.4 is 5.32 Å². The molecule has 0 radical (unpaired) electrons. The topological polar surface area (TPSA) is 64.7 Å². The molecule has 0 spiro atoms. The van der Waals surface area contributed by atoms with E-state index in [-0.39, 0.29) is 11.8 Å². The maximum Gasteiger partial charge on any atom is 0.227 e. The van der Waals surface area contributed by atoms with Crippen LogP contribution in [0.2, 0.25) is 0 Å². The van der Waals surface area contributed by atoms with Crippen LogP contribution in [0.3, 0.4) is 0 Å². The molecule has 126 valence electrons. The normalized spacial score (nSPS) is 11.3. The summed E-state index contributed by atoms with van der Waals surface area (Å²) in [7, 11) is 2.00. The van der Waals surface area contributed by atoms with Crippen LogP contribution >= 0.6 is 0 Å². The summed E-state index contributed by atoms with van der Waals surface area (Å²) in [4.78, 5) is 16.8. The summed E-state index contributed by atoms with van der Waals surface area (Å²) in [6, 6.07) is 8.05. The van der Waals surface area contributed by atoms with E-state index in [2.05, 4.69) is 26.0 Å². The molecule has 0 saturated carbocycles. The molecule has 24 heavy (non-hydrogen) atoms. The summed E-state index contributed by atoms with van der Waals surface area (Å²) in [6.07, 6.45) is 5.22. The van der Waals surface area contributed by atoms with Gasteiger partial charge in [-0.15, -0.1) is 0 Å². The van der Waals surface area contributed by atoms with Crippen LogP contribution in [0, 0.1) is 5.92 Å². The minimum Gasteiger partial charge on any atom is -0.330 e. The predicted molar refractivity (Wildman–Crippen MR) is 94.7 cm³/mol. The number of fused-ring (bicyclic) bond motifs is 1. The number of amides is 1. The lowest BCUT2D eigenvalue weighted by molar-refractivity contribution is -0.120. The molecule has 1 amide bonds. The summed E-state index contributed by atoms with van der Waals surface area (Å²) in [5.41, 5.74) is 2.80. The summed E-state index contributed by atoms with van der Waals surface area (Å²) in [6.45, 7) is 4.62. The van der Waals surface area contributed by atoms with Gasteiger partial charge in [0.25, 0.3) is 0 Å². The molecule has 1 aromatic carbocycles. The number of rotatable bonds is 6.